The number of carbonyl (C=O) groups excluding carboxylic acids is 3. The minimum absolute atomic E-state index is 0.151. The molecule has 2 rings (SSSR count). The highest BCUT2D eigenvalue weighted by atomic mass is 16.4. The number of benzene rings is 2. The van der Waals surface area contributed by atoms with Crippen molar-refractivity contribution in [1.82, 2.24) is 5.32 Å². The first-order chi connectivity index (χ1) is 11.5. The second kappa shape index (κ2) is 8.47. The Bertz CT molecular complexity index is 712. The lowest BCUT2D eigenvalue weighted by molar-refractivity contribution is -0.305. The Balaban J connectivity index is 1.85. The van der Waals surface area contributed by atoms with Crippen molar-refractivity contribution in [2.24, 2.45) is 0 Å². The van der Waals surface area contributed by atoms with Crippen LogP contribution in [0, 0.1) is 0 Å². The van der Waals surface area contributed by atoms with E-state index in [0.29, 0.717) is 17.8 Å². The molecule has 2 aromatic carbocycles. The number of hydrogen-bond donors (Lipinski definition) is 2. The Morgan fingerprint density at radius 2 is 1.54 bits per heavy atom. The number of carbonyl (C=O) groups is 3. The summed E-state index contributed by atoms with van der Waals surface area (Å²) < 4.78 is 0. The summed E-state index contributed by atoms with van der Waals surface area (Å²) in [5.74, 6) is -1.90. The lowest BCUT2D eigenvalue weighted by Crippen LogP contribution is -2.24. The average molecular weight is 325 g/mol. The van der Waals surface area contributed by atoms with Gasteiger partial charge in [0.05, 0.1) is 0 Å². The van der Waals surface area contributed by atoms with E-state index in [-0.39, 0.29) is 18.7 Å². The van der Waals surface area contributed by atoms with Crippen LogP contribution in [0.3, 0.4) is 0 Å². The number of rotatable bonds is 7. The van der Waals surface area contributed by atoms with Crippen LogP contribution in [0.25, 0.3) is 0 Å². The van der Waals surface area contributed by atoms with Crippen LogP contribution in [-0.4, -0.2) is 17.8 Å². The van der Waals surface area contributed by atoms with Crippen molar-refractivity contribution in [1.29, 1.82) is 0 Å². The largest absolute Gasteiger partial charge is 0.550 e. The van der Waals surface area contributed by atoms with Crippen LogP contribution in [0.4, 0.5) is 5.69 Å². The molecule has 6 heteroatoms. The first-order valence-electron chi connectivity index (χ1n) is 7.46. The summed E-state index contributed by atoms with van der Waals surface area (Å²) in [4.78, 5) is 33.9. The smallest absolute Gasteiger partial charge is 0.251 e. The van der Waals surface area contributed by atoms with Gasteiger partial charge in [-0.25, -0.2) is 0 Å². The fraction of sp³-hybridized carbons (Fsp3) is 0.167. The molecule has 0 bridgehead atoms. The molecule has 0 aliphatic rings. The molecular formula is C18H17N2O4-. The standard InChI is InChI=1S/C18H18N2O4/c21-16(10-11-17(22)23)20-15-8-6-14(7-9-15)18(24)19-12-13-4-2-1-3-5-13/h1-9H,10-12H2,(H,19,24)(H,20,21)(H,22,23)/p-1. The molecule has 0 aromatic heterocycles. The summed E-state index contributed by atoms with van der Waals surface area (Å²) >= 11 is 0. The van der Waals surface area contributed by atoms with Crippen molar-refractivity contribution in [3.8, 4) is 0 Å². The molecule has 2 aromatic rings. The number of amides is 2. The maximum absolute atomic E-state index is 12.1. The first-order valence-corrected chi connectivity index (χ1v) is 7.46. The van der Waals surface area contributed by atoms with Crippen LogP contribution in [-0.2, 0) is 16.1 Å². The molecule has 0 unspecified atom stereocenters. The van der Waals surface area contributed by atoms with Gasteiger partial charge in [0.1, 0.15) is 0 Å². The van der Waals surface area contributed by atoms with Crippen molar-refractivity contribution in [3.05, 3.63) is 65.7 Å². The van der Waals surface area contributed by atoms with Crippen molar-refractivity contribution in [2.45, 2.75) is 19.4 Å². The molecule has 6 nitrogen and oxygen atoms in total. The Morgan fingerprint density at radius 3 is 2.17 bits per heavy atom. The summed E-state index contributed by atoms with van der Waals surface area (Å²) in [6, 6.07) is 15.9. The Labute approximate surface area is 139 Å². The molecule has 0 heterocycles. The zero-order valence-electron chi connectivity index (χ0n) is 13.0. The van der Waals surface area contributed by atoms with Gasteiger partial charge >= 0.3 is 0 Å². The average Bonchev–Trinajstić information content (AvgIpc) is 2.59. The predicted octanol–water partition coefficient (Wildman–Crippen LogP) is 1.09. The number of nitrogens with one attached hydrogen (secondary N) is 2. The highest BCUT2D eigenvalue weighted by molar-refractivity contribution is 5.96. The van der Waals surface area contributed by atoms with Crippen molar-refractivity contribution >= 4 is 23.5 Å². The summed E-state index contributed by atoms with van der Waals surface area (Å²) in [5.41, 5.74) is 1.97. The molecule has 0 saturated carbocycles. The molecule has 0 atom stereocenters. The van der Waals surface area contributed by atoms with Gasteiger partial charge in [-0.3, -0.25) is 9.59 Å². The van der Waals surface area contributed by atoms with Crippen molar-refractivity contribution in [2.75, 3.05) is 5.32 Å². The number of carboxylic acid groups (broad SMARTS) is 1. The molecule has 0 aliphatic heterocycles. The van der Waals surface area contributed by atoms with E-state index in [1.165, 1.54) is 0 Å². The third-order valence-corrected chi connectivity index (χ3v) is 3.28. The van der Waals surface area contributed by atoms with Crippen LogP contribution in [0.15, 0.2) is 54.6 Å². The van der Waals surface area contributed by atoms with Gasteiger partial charge in [-0.15, -0.1) is 0 Å². The molecule has 0 fully saturated rings. The highest BCUT2D eigenvalue weighted by Crippen LogP contribution is 2.10. The zero-order chi connectivity index (χ0) is 17.4. The van der Waals surface area contributed by atoms with Crippen LogP contribution in [0.2, 0.25) is 0 Å². The SMILES string of the molecule is O=C([O-])CCC(=O)Nc1ccc(C(=O)NCc2ccccc2)cc1. The Kier molecular flexibility index (Phi) is 6.08. The lowest BCUT2D eigenvalue weighted by atomic mass is 10.1. The molecule has 0 saturated heterocycles. The number of carboxylic acids is 1. The third kappa shape index (κ3) is 5.57. The lowest BCUT2D eigenvalue weighted by Gasteiger charge is -2.08. The van der Waals surface area contributed by atoms with E-state index < -0.39 is 11.9 Å². The van der Waals surface area contributed by atoms with E-state index in [0.717, 1.165) is 5.56 Å². The van der Waals surface area contributed by atoms with E-state index in [9.17, 15) is 19.5 Å². The van der Waals surface area contributed by atoms with Gasteiger partial charge in [-0.05, 0) is 36.2 Å². The molecule has 124 valence electrons. The maximum atomic E-state index is 12.1. The second-order valence-electron chi connectivity index (χ2n) is 5.17. The van der Waals surface area contributed by atoms with E-state index in [4.69, 9.17) is 0 Å². The van der Waals surface area contributed by atoms with Crippen molar-refractivity contribution < 1.29 is 19.5 Å². The molecule has 24 heavy (non-hydrogen) atoms. The number of anilines is 1. The Hall–Kier alpha value is -3.15. The first kappa shape index (κ1) is 17.2. The maximum Gasteiger partial charge on any atom is 0.251 e. The topological polar surface area (TPSA) is 98.3 Å². The minimum Gasteiger partial charge on any atom is -0.550 e. The van der Waals surface area contributed by atoms with Crippen LogP contribution >= 0.6 is 0 Å². The van der Waals surface area contributed by atoms with Gasteiger partial charge in [-0.1, -0.05) is 30.3 Å². The highest BCUT2D eigenvalue weighted by Gasteiger charge is 2.07. The van der Waals surface area contributed by atoms with Crippen LogP contribution in [0.5, 0.6) is 0 Å². The van der Waals surface area contributed by atoms with E-state index in [2.05, 4.69) is 10.6 Å². The quantitative estimate of drug-likeness (QED) is 0.796. The predicted molar refractivity (Wildman–Crippen MR) is 86.9 cm³/mol. The summed E-state index contributed by atoms with van der Waals surface area (Å²) in [5, 5.41) is 15.7. The summed E-state index contributed by atoms with van der Waals surface area (Å²) in [6.45, 7) is 0.432. The molecule has 0 radical (unpaired) electrons. The van der Waals surface area contributed by atoms with Crippen LogP contribution < -0.4 is 15.7 Å². The van der Waals surface area contributed by atoms with Gasteiger partial charge < -0.3 is 20.5 Å². The summed E-state index contributed by atoms with van der Waals surface area (Å²) in [7, 11) is 0. The van der Waals surface area contributed by atoms with Crippen LogP contribution in [0.1, 0.15) is 28.8 Å². The van der Waals surface area contributed by atoms with Gasteiger partial charge in [0.2, 0.25) is 5.91 Å². The van der Waals surface area contributed by atoms with Crippen molar-refractivity contribution in [3.63, 3.8) is 0 Å². The monoisotopic (exact) mass is 325 g/mol. The zero-order valence-corrected chi connectivity index (χ0v) is 13.0. The molecular weight excluding hydrogens is 308 g/mol. The van der Waals surface area contributed by atoms with Gasteiger partial charge in [0.15, 0.2) is 0 Å². The number of aliphatic carboxylic acids is 1. The molecule has 0 spiro atoms. The van der Waals surface area contributed by atoms with E-state index >= 15 is 0 Å². The Morgan fingerprint density at radius 1 is 0.875 bits per heavy atom. The fourth-order valence-electron chi connectivity index (χ4n) is 2.02. The fourth-order valence-corrected chi connectivity index (χ4v) is 2.02. The normalized spacial score (nSPS) is 10.0. The second-order valence-corrected chi connectivity index (χ2v) is 5.17. The third-order valence-electron chi connectivity index (χ3n) is 3.28. The molecule has 0 aliphatic carbocycles. The molecule has 2 N–H and O–H groups in total. The van der Waals surface area contributed by atoms with Gasteiger partial charge in [0, 0.05) is 30.2 Å². The number of hydrogen-bond acceptors (Lipinski definition) is 4. The minimum atomic E-state index is -1.27. The summed E-state index contributed by atoms with van der Waals surface area (Å²) in [6.07, 6.45) is -0.479. The molecule has 2 amide bonds. The van der Waals surface area contributed by atoms with E-state index in [1.54, 1.807) is 24.3 Å². The van der Waals surface area contributed by atoms with Gasteiger partial charge in [0.25, 0.3) is 5.91 Å². The van der Waals surface area contributed by atoms with E-state index in [1.807, 2.05) is 30.3 Å². The van der Waals surface area contributed by atoms with Gasteiger partial charge in [-0.2, -0.15) is 0 Å².